The molecule has 32 heavy (non-hydrogen) atoms. The van der Waals surface area contributed by atoms with Crippen molar-refractivity contribution in [2.24, 2.45) is 0 Å². The first kappa shape index (κ1) is 21.0. The average molecular weight is 440 g/mol. The molecule has 0 spiro atoms. The standard InChI is InChI=1S/C22H15F3N4O3/c1-12-18(21(31)32)19-26-9-8-17(29(19)28-12)13-4-3-7-16(11-13)27-20(30)14-5-2-6-15(10-14)22(23,24)25/h2-11H,1H3,(H,27,30)(H,31,32). The summed E-state index contributed by atoms with van der Waals surface area (Å²) in [7, 11) is 0. The van der Waals surface area contributed by atoms with E-state index in [1.807, 2.05) is 0 Å². The van der Waals surface area contributed by atoms with Crippen molar-refractivity contribution in [3.63, 3.8) is 0 Å². The highest BCUT2D eigenvalue weighted by Crippen LogP contribution is 2.30. The van der Waals surface area contributed by atoms with E-state index in [1.54, 1.807) is 37.3 Å². The summed E-state index contributed by atoms with van der Waals surface area (Å²) < 4.78 is 40.2. The minimum absolute atomic E-state index is 0.0131. The van der Waals surface area contributed by atoms with Gasteiger partial charge >= 0.3 is 12.1 Å². The molecule has 2 aromatic heterocycles. The zero-order valence-electron chi connectivity index (χ0n) is 16.5. The molecule has 0 unspecified atom stereocenters. The number of halogens is 3. The summed E-state index contributed by atoms with van der Waals surface area (Å²) in [6.07, 6.45) is -3.11. The Morgan fingerprint density at radius 1 is 1.06 bits per heavy atom. The predicted molar refractivity (Wildman–Crippen MR) is 110 cm³/mol. The quantitative estimate of drug-likeness (QED) is 0.481. The van der Waals surface area contributed by atoms with Gasteiger partial charge in [0.15, 0.2) is 5.65 Å². The van der Waals surface area contributed by atoms with Crippen LogP contribution in [0.5, 0.6) is 0 Å². The van der Waals surface area contributed by atoms with Gasteiger partial charge in [0, 0.05) is 23.0 Å². The fourth-order valence-corrected chi connectivity index (χ4v) is 3.32. The van der Waals surface area contributed by atoms with Gasteiger partial charge in [-0.15, -0.1) is 0 Å². The van der Waals surface area contributed by atoms with Crippen molar-refractivity contribution in [1.29, 1.82) is 0 Å². The molecule has 4 rings (SSSR count). The fourth-order valence-electron chi connectivity index (χ4n) is 3.32. The smallest absolute Gasteiger partial charge is 0.416 e. The molecule has 0 saturated carbocycles. The van der Waals surface area contributed by atoms with E-state index >= 15 is 0 Å². The number of alkyl halides is 3. The lowest BCUT2D eigenvalue weighted by molar-refractivity contribution is -0.137. The van der Waals surface area contributed by atoms with Crippen LogP contribution in [0.25, 0.3) is 16.9 Å². The first-order valence-electron chi connectivity index (χ1n) is 9.32. The Hall–Kier alpha value is -4.21. The molecule has 4 aromatic rings. The molecule has 0 bridgehead atoms. The second-order valence-electron chi connectivity index (χ2n) is 6.94. The number of benzene rings is 2. The third-order valence-electron chi connectivity index (χ3n) is 4.78. The van der Waals surface area contributed by atoms with Crippen LogP contribution in [0, 0.1) is 6.92 Å². The monoisotopic (exact) mass is 440 g/mol. The number of rotatable bonds is 4. The summed E-state index contributed by atoms with van der Waals surface area (Å²) in [6, 6.07) is 12.3. The van der Waals surface area contributed by atoms with Crippen molar-refractivity contribution < 1.29 is 27.9 Å². The Morgan fingerprint density at radius 3 is 2.53 bits per heavy atom. The molecule has 2 heterocycles. The SMILES string of the molecule is Cc1nn2c(-c3cccc(NC(=O)c4cccc(C(F)(F)F)c4)c3)ccnc2c1C(=O)O. The van der Waals surface area contributed by atoms with Crippen LogP contribution < -0.4 is 5.32 Å². The van der Waals surface area contributed by atoms with Crippen LogP contribution >= 0.6 is 0 Å². The van der Waals surface area contributed by atoms with Gasteiger partial charge in [-0.2, -0.15) is 18.3 Å². The lowest BCUT2D eigenvalue weighted by atomic mass is 10.1. The molecule has 2 N–H and O–H groups in total. The summed E-state index contributed by atoms with van der Waals surface area (Å²) in [5.74, 6) is -1.85. The van der Waals surface area contributed by atoms with Gasteiger partial charge in [0.1, 0.15) is 5.56 Å². The molecular formula is C22H15F3N4O3. The van der Waals surface area contributed by atoms with E-state index < -0.39 is 23.6 Å². The molecule has 162 valence electrons. The molecule has 0 radical (unpaired) electrons. The number of fused-ring (bicyclic) bond motifs is 1. The Balaban J connectivity index is 1.68. The number of carboxylic acid groups (broad SMARTS) is 1. The van der Waals surface area contributed by atoms with Gasteiger partial charge < -0.3 is 10.4 Å². The van der Waals surface area contributed by atoms with Gasteiger partial charge in [-0.3, -0.25) is 4.79 Å². The molecule has 7 nitrogen and oxygen atoms in total. The zero-order valence-corrected chi connectivity index (χ0v) is 16.5. The second kappa shape index (κ2) is 7.80. The maximum absolute atomic E-state index is 12.9. The van der Waals surface area contributed by atoms with Crippen LogP contribution in [-0.2, 0) is 6.18 Å². The van der Waals surface area contributed by atoms with E-state index in [9.17, 15) is 27.9 Å². The Morgan fingerprint density at radius 2 is 1.81 bits per heavy atom. The van der Waals surface area contributed by atoms with Gasteiger partial charge in [0.25, 0.3) is 5.91 Å². The van der Waals surface area contributed by atoms with Crippen LogP contribution in [0.15, 0.2) is 60.8 Å². The molecular weight excluding hydrogens is 425 g/mol. The minimum atomic E-state index is -4.56. The molecule has 0 aliphatic heterocycles. The molecule has 0 atom stereocenters. The Labute approximate surface area is 179 Å². The number of carboxylic acids is 1. The second-order valence-corrected chi connectivity index (χ2v) is 6.94. The average Bonchev–Trinajstić information content (AvgIpc) is 3.09. The van der Waals surface area contributed by atoms with Crippen molar-refractivity contribution in [2.75, 3.05) is 5.32 Å². The lowest BCUT2D eigenvalue weighted by Gasteiger charge is -2.11. The number of carbonyl (C=O) groups excluding carboxylic acids is 1. The number of aromatic carboxylic acids is 1. The van der Waals surface area contributed by atoms with Crippen molar-refractivity contribution in [1.82, 2.24) is 14.6 Å². The fraction of sp³-hybridized carbons (Fsp3) is 0.0909. The van der Waals surface area contributed by atoms with Gasteiger partial charge in [-0.05, 0) is 43.3 Å². The number of amides is 1. The van der Waals surface area contributed by atoms with E-state index in [1.165, 1.54) is 22.8 Å². The van der Waals surface area contributed by atoms with E-state index in [4.69, 9.17) is 0 Å². The van der Waals surface area contributed by atoms with Crippen molar-refractivity contribution in [2.45, 2.75) is 13.1 Å². The third kappa shape index (κ3) is 3.89. The highest BCUT2D eigenvalue weighted by atomic mass is 19.4. The molecule has 1 amide bonds. The van der Waals surface area contributed by atoms with Crippen molar-refractivity contribution >= 4 is 23.2 Å². The van der Waals surface area contributed by atoms with Gasteiger partial charge in [0.05, 0.1) is 17.0 Å². The first-order valence-corrected chi connectivity index (χ1v) is 9.32. The van der Waals surface area contributed by atoms with E-state index in [2.05, 4.69) is 15.4 Å². The van der Waals surface area contributed by atoms with E-state index in [0.29, 0.717) is 22.6 Å². The lowest BCUT2D eigenvalue weighted by Crippen LogP contribution is -2.14. The highest BCUT2D eigenvalue weighted by Gasteiger charge is 2.31. The number of carbonyl (C=O) groups is 2. The summed E-state index contributed by atoms with van der Waals surface area (Å²) >= 11 is 0. The number of hydrogen-bond acceptors (Lipinski definition) is 4. The molecule has 0 saturated heterocycles. The highest BCUT2D eigenvalue weighted by molar-refractivity contribution is 6.04. The number of aryl methyl sites for hydroxylation is 1. The topological polar surface area (TPSA) is 96.6 Å². The molecule has 2 aromatic carbocycles. The molecule has 0 aliphatic rings. The van der Waals surface area contributed by atoms with Gasteiger partial charge in [-0.25, -0.2) is 14.3 Å². The van der Waals surface area contributed by atoms with Crippen LogP contribution in [-0.4, -0.2) is 31.6 Å². The number of aromatic nitrogens is 3. The zero-order chi connectivity index (χ0) is 23.0. The Kier molecular flexibility index (Phi) is 5.13. The molecule has 10 heteroatoms. The largest absolute Gasteiger partial charge is 0.477 e. The van der Waals surface area contributed by atoms with Crippen LogP contribution in [0.4, 0.5) is 18.9 Å². The maximum atomic E-state index is 12.9. The van der Waals surface area contributed by atoms with Crippen LogP contribution in [0.1, 0.15) is 32.0 Å². The third-order valence-corrected chi connectivity index (χ3v) is 4.78. The van der Waals surface area contributed by atoms with Gasteiger partial charge in [0.2, 0.25) is 0 Å². The normalized spacial score (nSPS) is 11.5. The maximum Gasteiger partial charge on any atom is 0.416 e. The van der Waals surface area contributed by atoms with Crippen LogP contribution in [0.3, 0.4) is 0 Å². The molecule has 0 aliphatic carbocycles. The van der Waals surface area contributed by atoms with Gasteiger partial charge in [-0.1, -0.05) is 18.2 Å². The van der Waals surface area contributed by atoms with E-state index in [-0.39, 0.29) is 16.8 Å². The number of nitrogens with one attached hydrogen (secondary N) is 1. The van der Waals surface area contributed by atoms with Crippen LogP contribution in [0.2, 0.25) is 0 Å². The predicted octanol–water partition coefficient (Wildman–Crippen LogP) is 4.67. The number of hydrogen-bond donors (Lipinski definition) is 2. The van der Waals surface area contributed by atoms with Crippen molar-refractivity contribution in [3.05, 3.63) is 83.2 Å². The summed E-state index contributed by atoms with van der Waals surface area (Å²) in [4.78, 5) is 28.1. The summed E-state index contributed by atoms with van der Waals surface area (Å²) in [5, 5.41) is 16.3. The van der Waals surface area contributed by atoms with E-state index in [0.717, 1.165) is 12.1 Å². The summed E-state index contributed by atoms with van der Waals surface area (Å²) in [6.45, 7) is 1.56. The first-order chi connectivity index (χ1) is 15.1. The Bertz CT molecular complexity index is 1360. The minimum Gasteiger partial charge on any atom is -0.477 e. The molecule has 0 fully saturated rings. The summed E-state index contributed by atoms with van der Waals surface area (Å²) in [5.41, 5.74) is 0.876. The number of anilines is 1. The number of nitrogens with zero attached hydrogens (tertiary/aromatic N) is 3. The van der Waals surface area contributed by atoms with Crippen molar-refractivity contribution in [3.8, 4) is 11.3 Å².